The van der Waals surface area contributed by atoms with E-state index in [9.17, 15) is 9.59 Å². The standard InChI is InChI=1S/C23H22O2/c1-13(2)10-19-21-16(11-14(3)23(19)25)8-9-18-17-7-5-4-6-15(17)12-20(24)22(18)21/h4-9,11-14,19H,10H2,1-3H3. The predicted molar refractivity (Wildman–Crippen MR) is 99.4 cm³/mol. The van der Waals surface area contributed by atoms with Gasteiger partial charge in [-0.2, -0.15) is 0 Å². The van der Waals surface area contributed by atoms with E-state index in [0.717, 1.165) is 38.4 Å². The number of ketones is 2. The van der Waals surface area contributed by atoms with Crippen LogP contribution in [-0.4, -0.2) is 11.6 Å². The Bertz CT molecular complexity index is 1110. The van der Waals surface area contributed by atoms with Gasteiger partial charge in [-0.15, -0.1) is 0 Å². The predicted octanol–water partition coefficient (Wildman–Crippen LogP) is 3.08. The molecule has 0 saturated carbocycles. The molecule has 2 aliphatic carbocycles. The zero-order valence-electron chi connectivity index (χ0n) is 14.9. The molecule has 4 rings (SSSR count). The van der Waals surface area contributed by atoms with Crippen LogP contribution in [0.1, 0.15) is 49.0 Å². The second-order valence-electron chi connectivity index (χ2n) is 7.63. The molecule has 0 heterocycles. The molecule has 0 aliphatic heterocycles. The summed E-state index contributed by atoms with van der Waals surface area (Å²) in [5.41, 5.74) is 1.68. The third kappa shape index (κ3) is 2.48. The summed E-state index contributed by atoms with van der Waals surface area (Å²) in [6.07, 6.45) is 4.52. The van der Waals surface area contributed by atoms with Gasteiger partial charge in [0, 0.05) is 17.4 Å². The first-order valence-electron chi connectivity index (χ1n) is 9.01. The number of hydrogen-bond donors (Lipinski definition) is 0. The van der Waals surface area contributed by atoms with Gasteiger partial charge >= 0.3 is 0 Å². The molecule has 0 fully saturated rings. The molecule has 2 aliphatic rings. The van der Waals surface area contributed by atoms with Crippen LogP contribution >= 0.6 is 0 Å². The van der Waals surface area contributed by atoms with Gasteiger partial charge in [-0.05, 0) is 44.9 Å². The van der Waals surface area contributed by atoms with Crippen LogP contribution < -0.4 is 10.4 Å². The summed E-state index contributed by atoms with van der Waals surface area (Å²) in [5.74, 6) is 0.381. The number of Topliss-reactive ketones (excluding diaryl/α,β-unsaturated/α-hetero) is 2. The maximum Gasteiger partial charge on any atom is 0.187 e. The van der Waals surface area contributed by atoms with Crippen molar-refractivity contribution >= 4 is 23.7 Å². The van der Waals surface area contributed by atoms with Gasteiger partial charge in [0.25, 0.3) is 0 Å². The molecule has 0 amide bonds. The highest BCUT2D eigenvalue weighted by atomic mass is 16.1. The van der Waals surface area contributed by atoms with Gasteiger partial charge < -0.3 is 0 Å². The monoisotopic (exact) mass is 330 g/mol. The van der Waals surface area contributed by atoms with E-state index in [4.69, 9.17) is 0 Å². The SMILES string of the molecule is CC(C)CC1C(=O)C(C)C=c2ccc3c(c21)C(=O)C=c1ccccc1=3. The largest absolute Gasteiger partial charge is 0.298 e. The summed E-state index contributed by atoms with van der Waals surface area (Å²) >= 11 is 0. The van der Waals surface area contributed by atoms with Gasteiger partial charge in [0.15, 0.2) is 5.78 Å². The lowest BCUT2D eigenvalue weighted by atomic mass is 9.74. The minimum atomic E-state index is -0.187. The maximum absolute atomic E-state index is 13.0. The lowest BCUT2D eigenvalue weighted by molar-refractivity contribution is -0.122. The summed E-state index contributed by atoms with van der Waals surface area (Å²) in [5, 5.41) is 4.05. The molecule has 2 aromatic carbocycles. The molecular weight excluding hydrogens is 308 g/mol. The van der Waals surface area contributed by atoms with Crippen LogP contribution in [0, 0.1) is 22.3 Å². The molecule has 25 heavy (non-hydrogen) atoms. The lowest BCUT2D eigenvalue weighted by Crippen LogP contribution is -2.34. The summed E-state index contributed by atoms with van der Waals surface area (Å²) < 4.78 is 0. The minimum absolute atomic E-state index is 0.0232. The molecule has 2 nitrogen and oxygen atoms in total. The molecule has 0 radical (unpaired) electrons. The van der Waals surface area contributed by atoms with Crippen molar-refractivity contribution in [1.82, 2.24) is 0 Å². The van der Waals surface area contributed by atoms with E-state index in [-0.39, 0.29) is 23.4 Å². The molecule has 0 N–H and O–H groups in total. The fraction of sp³-hybridized carbons (Fsp3) is 0.304. The Labute approximate surface area is 147 Å². The van der Waals surface area contributed by atoms with E-state index < -0.39 is 0 Å². The Balaban J connectivity index is 2.15. The van der Waals surface area contributed by atoms with E-state index in [0.29, 0.717) is 5.92 Å². The van der Waals surface area contributed by atoms with Crippen LogP contribution in [0.2, 0.25) is 0 Å². The molecule has 0 spiro atoms. The van der Waals surface area contributed by atoms with Crippen molar-refractivity contribution < 1.29 is 9.59 Å². The fourth-order valence-corrected chi connectivity index (χ4v) is 4.24. The van der Waals surface area contributed by atoms with Crippen molar-refractivity contribution in [3.8, 4) is 0 Å². The molecule has 2 atom stereocenters. The number of benzene rings is 2. The Morgan fingerprint density at radius 1 is 0.960 bits per heavy atom. The summed E-state index contributed by atoms with van der Waals surface area (Å²) in [4.78, 5) is 25.9. The molecule has 0 saturated heterocycles. The second kappa shape index (κ2) is 5.80. The Morgan fingerprint density at radius 2 is 1.72 bits per heavy atom. The highest BCUT2D eigenvalue weighted by Crippen LogP contribution is 2.32. The first-order chi connectivity index (χ1) is 12.0. The lowest BCUT2D eigenvalue weighted by Gasteiger charge is -2.27. The molecule has 2 heteroatoms. The van der Waals surface area contributed by atoms with Gasteiger partial charge in [0.05, 0.1) is 0 Å². The number of carbonyl (C=O) groups is 2. The maximum atomic E-state index is 13.0. The third-order valence-corrected chi connectivity index (χ3v) is 5.34. The first kappa shape index (κ1) is 16.0. The number of hydrogen-bond acceptors (Lipinski definition) is 2. The van der Waals surface area contributed by atoms with Crippen molar-refractivity contribution in [3.05, 3.63) is 68.4 Å². The topological polar surface area (TPSA) is 34.1 Å². The number of fused-ring (bicyclic) bond motifs is 4. The van der Waals surface area contributed by atoms with E-state index in [2.05, 4.69) is 26.0 Å². The van der Waals surface area contributed by atoms with Crippen molar-refractivity contribution in [2.24, 2.45) is 11.8 Å². The molecule has 126 valence electrons. The molecule has 0 aromatic heterocycles. The van der Waals surface area contributed by atoms with E-state index >= 15 is 0 Å². The summed E-state index contributed by atoms with van der Waals surface area (Å²) in [6.45, 7) is 6.23. The van der Waals surface area contributed by atoms with Gasteiger partial charge in [0.2, 0.25) is 0 Å². The smallest absolute Gasteiger partial charge is 0.187 e. The highest BCUT2D eigenvalue weighted by Gasteiger charge is 2.33. The van der Waals surface area contributed by atoms with Gasteiger partial charge in [-0.1, -0.05) is 63.2 Å². The first-order valence-corrected chi connectivity index (χ1v) is 9.01. The van der Waals surface area contributed by atoms with Crippen LogP contribution in [0.4, 0.5) is 0 Å². The molecule has 2 aromatic rings. The third-order valence-electron chi connectivity index (χ3n) is 5.34. The molecular formula is C23H22O2. The van der Waals surface area contributed by atoms with Crippen LogP contribution in [0.5, 0.6) is 0 Å². The quantitative estimate of drug-likeness (QED) is 0.848. The van der Waals surface area contributed by atoms with Crippen LogP contribution in [0.15, 0.2) is 36.4 Å². The zero-order chi connectivity index (χ0) is 17.7. The normalized spacial score (nSPS) is 21.1. The molecule has 2 unspecified atom stereocenters. The van der Waals surface area contributed by atoms with Crippen molar-refractivity contribution in [2.75, 3.05) is 0 Å². The molecule has 0 bridgehead atoms. The van der Waals surface area contributed by atoms with Gasteiger partial charge in [-0.25, -0.2) is 0 Å². The van der Waals surface area contributed by atoms with Crippen LogP contribution in [0.3, 0.4) is 0 Å². The fourth-order valence-electron chi connectivity index (χ4n) is 4.24. The van der Waals surface area contributed by atoms with Crippen LogP contribution in [0.25, 0.3) is 12.2 Å². The number of rotatable bonds is 2. The Hall–Kier alpha value is -2.48. The van der Waals surface area contributed by atoms with Gasteiger partial charge in [0.1, 0.15) is 5.78 Å². The average Bonchev–Trinajstić information content (AvgIpc) is 2.58. The number of carbonyl (C=O) groups excluding carboxylic acids is 2. The minimum Gasteiger partial charge on any atom is -0.298 e. The second-order valence-corrected chi connectivity index (χ2v) is 7.63. The highest BCUT2D eigenvalue weighted by molar-refractivity contribution is 6.19. The van der Waals surface area contributed by atoms with Crippen molar-refractivity contribution in [3.63, 3.8) is 0 Å². The summed E-state index contributed by atoms with van der Waals surface area (Å²) in [6, 6.07) is 12.1. The average molecular weight is 330 g/mol. The zero-order valence-corrected chi connectivity index (χ0v) is 14.9. The Kier molecular flexibility index (Phi) is 3.72. The Morgan fingerprint density at radius 3 is 2.48 bits per heavy atom. The van der Waals surface area contributed by atoms with Crippen LogP contribution in [-0.2, 0) is 4.79 Å². The van der Waals surface area contributed by atoms with E-state index in [1.807, 2.05) is 37.3 Å². The van der Waals surface area contributed by atoms with Gasteiger partial charge in [-0.3, -0.25) is 9.59 Å². The van der Waals surface area contributed by atoms with E-state index in [1.165, 1.54) is 0 Å². The van der Waals surface area contributed by atoms with E-state index in [1.54, 1.807) is 6.08 Å². The van der Waals surface area contributed by atoms with Crippen molar-refractivity contribution in [1.29, 1.82) is 0 Å². The summed E-state index contributed by atoms with van der Waals surface area (Å²) in [7, 11) is 0. The van der Waals surface area contributed by atoms with Crippen molar-refractivity contribution in [2.45, 2.75) is 33.1 Å².